The highest BCUT2D eigenvalue weighted by molar-refractivity contribution is 6.11. The minimum absolute atomic E-state index is 0.0342. The third-order valence-corrected chi connectivity index (χ3v) is 6.74. The summed E-state index contributed by atoms with van der Waals surface area (Å²) in [6, 6.07) is 5.85. The second kappa shape index (κ2) is 10.9. The van der Waals surface area contributed by atoms with E-state index in [0.29, 0.717) is 22.5 Å². The molecule has 0 bridgehead atoms. The molecule has 4 rings (SSSR count). The predicted molar refractivity (Wildman–Crippen MR) is 143 cm³/mol. The molecule has 2 aliphatic rings. The van der Waals surface area contributed by atoms with Gasteiger partial charge in [-0.2, -0.15) is 5.26 Å². The van der Waals surface area contributed by atoms with Gasteiger partial charge in [0.1, 0.15) is 17.1 Å². The highest BCUT2D eigenvalue weighted by Gasteiger charge is 2.48. The van der Waals surface area contributed by atoms with Crippen LogP contribution in [0.25, 0.3) is 5.57 Å². The Morgan fingerprint density at radius 3 is 2.62 bits per heavy atom. The number of fused-ring (bicyclic) bond motifs is 1. The Balaban J connectivity index is 1.98. The van der Waals surface area contributed by atoms with Crippen molar-refractivity contribution in [3.63, 3.8) is 0 Å². The number of pyridine rings is 1. The monoisotopic (exact) mass is 552 g/mol. The van der Waals surface area contributed by atoms with E-state index in [-0.39, 0.29) is 29.2 Å². The van der Waals surface area contributed by atoms with Gasteiger partial charge in [0.25, 0.3) is 0 Å². The molecule has 1 aromatic heterocycles. The number of urea groups is 1. The Morgan fingerprint density at radius 1 is 1.30 bits per heavy atom. The molecule has 208 valence electrons. The Morgan fingerprint density at radius 2 is 2.02 bits per heavy atom. The quantitative estimate of drug-likeness (QED) is 0.503. The molecule has 12 heteroatoms. The van der Waals surface area contributed by atoms with E-state index >= 15 is 8.78 Å². The van der Waals surface area contributed by atoms with Crippen LogP contribution in [-0.4, -0.2) is 55.2 Å². The maximum atomic E-state index is 16.0. The summed E-state index contributed by atoms with van der Waals surface area (Å²) in [7, 11) is 4.02. The fourth-order valence-corrected chi connectivity index (χ4v) is 4.59. The van der Waals surface area contributed by atoms with Crippen LogP contribution < -0.4 is 10.6 Å². The van der Waals surface area contributed by atoms with Crippen molar-refractivity contribution in [3.8, 4) is 6.07 Å². The van der Waals surface area contributed by atoms with E-state index in [2.05, 4.69) is 9.98 Å². The summed E-state index contributed by atoms with van der Waals surface area (Å²) in [5, 5.41) is 9.43. The Bertz CT molecular complexity index is 1540. The molecule has 0 saturated heterocycles. The zero-order valence-corrected chi connectivity index (χ0v) is 22.5. The van der Waals surface area contributed by atoms with Crippen molar-refractivity contribution in [2.24, 2.45) is 10.7 Å². The number of anilines is 2. The zero-order chi connectivity index (χ0) is 29.4. The fraction of sp³-hybridized carbons (Fsp3) is 0.286. The molecule has 9 nitrogen and oxygen atoms in total. The summed E-state index contributed by atoms with van der Waals surface area (Å²) < 4.78 is 56.7. The number of halogens is 3. The molecular weight excluding hydrogens is 525 g/mol. The van der Waals surface area contributed by atoms with Gasteiger partial charge in [-0.15, -0.1) is 0 Å². The van der Waals surface area contributed by atoms with E-state index in [1.165, 1.54) is 39.6 Å². The number of amides is 2. The molecule has 0 radical (unpaired) electrons. The highest BCUT2D eigenvalue weighted by Crippen LogP contribution is 2.44. The molecule has 0 saturated carbocycles. The number of hydrogen-bond acceptors (Lipinski definition) is 7. The van der Waals surface area contributed by atoms with Gasteiger partial charge in [0.2, 0.25) is 0 Å². The molecule has 2 aromatic rings. The van der Waals surface area contributed by atoms with Gasteiger partial charge >= 0.3 is 6.03 Å². The number of benzene rings is 1. The van der Waals surface area contributed by atoms with Crippen molar-refractivity contribution in [1.29, 1.82) is 5.26 Å². The van der Waals surface area contributed by atoms with Crippen LogP contribution in [0.3, 0.4) is 0 Å². The Kier molecular flexibility index (Phi) is 7.70. The first-order valence-electron chi connectivity index (χ1n) is 12.1. The first-order valence-corrected chi connectivity index (χ1v) is 12.1. The standard InChI is InChI=1S/C28H27F3N6O3/c1-15(33)20(13-34-3)21-9-22-17(12-35-21)14-36(25-24(30)23(39-4)10-28(2,40-5)26(25)31)27(38)37(22)19-7-16(11-32)6-18(29)8-19/h6-10,12-13,26H,14,33H2,1-5H3. The summed E-state index contributed by atoms with van der Waals surface area (Å²) in [4.78, 5) is 24.5. The third kappa shape index (κ3) is 4.80. The van der Waals surface area contributed by atoms with Gasteiger partial charge in [0, 0.05) is 43.4 Å². The molecule has 0 fully saturated rings. The third-order valence-electron chi connectivity index (χ3n) is 6.74. The maximum Gasteiger partial charge on any atom is 0.333 e. The van der Waals surface area contributed by atoms with Crippen LogP contribution in [0.2, 0.25) is 0 Å². The highest BCUT2D eigenvalue weighted by atomic mass is 19.1. The summed E-state index contributed by atoms with van der Waals surface area (Å²) in [5.74, 6) is -2.18. The van der Waals surface area contributed by atoms with Crippen LogP contribution in [0.15, 0.2) is 64.5 Å². The van der Waals surface area contributed by atoms with Crippen molar-refractivity contribution in [2.75, 3.05) is 26.2 Å². The lowest BCUT2D eigenvalue weighted by atomic mass is 9.90. The number of carbonyl (C=O) groups is 1. The van der Waals surface area contributed by atoms with E-state index in [1.807, 2.05) is 6.07 Å². The summed E-state index contributed by atoms with van der Waals surface area (Å²) >= 11 is 0. The SMILES string of the molecule is CN=CC(=C(C)N)c1cc2c(cn1)CN(C1=C(F)C(OC)=CC(C)(OC)C1F)C(=O)N2c1cc(F)cc(C#N)c1. The molecule has 2 atom stereocenters. The van der Waals surface area contributed by atoms with Crippen LogP contribution in [0.4, 0.5) is 29.3 Å². The van der Waals surface area contributed by atoms with Crippen molar-refractivity contribution in [2.45, 2.75) is 32.2 Å². The van der Waals surface area contributed by atoms with Crippen LogP contribution in [0.5, 0.6) is 0 Å². The number of hydrogen-bond donors (Lipinski definition) is 1. The van der Waals surface area contributed by atoms with E-state index in [4.69, 9.17) is 15.2 Å². The second-order valence-electron chi connectivity index (χ2n) is 9.36. The number of ether oxygens (including phenoxy) is 2. The average molecular weight is 553 g/mol. The lowest BCUT2D eigenvalue weighted by Gasteiger charge is -2.42. The van der Waals surface area contributed by atoms with Crippen molar-refractivity contribution < 1.29 is 27.4 Å². The van der Waals surface area contributed by atoms with Crippen LogP contribution in [0, 0.1) is 17.1 Å². The number of alkyl halides is 1. The molecule has 1 aliphatic carbocycles. The number of nitriles is 1. The number of aliphatic imine (C=N–C) groups is 1. The number of allylic oxidation sites excluding steroid dienone is 3. The molecule has 2 unspecified atom stereocenters. The number of carbonyl (C=O) groups excluding carboxylic acids is 1. The van der Waals surface area contributed by atoms with Crippen molar-refractivity contribution in [3.05, 3.63) is 82.2 Å². The fourth-order valence-electron chi connectivity index (χ4n) is 4.59. The Hall–Kier alpha value is -4.63. The molecule has 1 aliphatic heterocycles. The second-order valence-corrected chi connectivity index (χ2v) is 9.36. The molecule has 2 N–H and O–H groups in total. The van der Waals surface area contributed by atoms with Crippen molar-refractivity contribution in [1.82, 2.24) is 9.88 Å². The normalized spacial score (nSPS) is 21.7. The first-order chi connectivity index (χ1) is 19.0. The Labute approximate surface area is 229 Å². The summed E-state index contributed by atoms with van der Waals surface area (Å²) in [6.07, 6.45) is 1.98. The van der Waals surface area contributed by atoms with Gasteiger partial charge in [-0.25, -0.2) is 18.0 Å². The maximum absolute atomic E-state index is 16.0. The topological polar surface area (TPSA) is 117 Å². The number of nitrogens with two attached hydrogens (primary N) is 1. The van der Waals surface area contributed by atoms with E-state index in [9.17, 15) is 14.4 Å². The average Bonchev–Trinajstić information content (AvgIpc) is 2.93. The number of aromatic nitrogens is 1. The van der Waals surface area contributed by atoms with Gasteiger partial charge in [-0.05, 0) is 44.2 Å². The predicted octanol–water partition coefficient (Wildman–Crippen LogP) is 5.02. The van der Waals surface area contributed by atoms with Crippen molar-refractivity contribution >= 4 is 29.2 Å². The molecule has 2 heterocycles. The number of nitrogens with zero attached hydrogens (tertiary/aromatic N) is 5. The van der Waals surface area contributed by atoms with E-state index in [1.54, 1.807) is 20.0 Å². The van der Waals surface area contributed by atoms with Crippen LogP contribution >= 0.6 is 0 Å². The minimum Gasteiger partial charge on any atom is -0.494 e. The molecule has 2 amide bonds. The van der Waals surface area contributed by atoms with Gasteiger partial charge in [-0.1, -0.05) is 0 Å². The lowest BCUT2D eigenvalue weighted by Crippen LogP contribution is -2.51. The molecule has 1 aromatic carbocycles. The van der Waals surface area contributed by atoms with Crippen LogP contribution in [0.1, 0.15) is 30.7 Å². The van der Waals surface area contributed by atoms with Gasteiger partial charge in [0.05, 0.1) is 42.4 Å². The number of methoxy groups -OCH3 is 2. The van der Waals surface area contributed by atoms with E-state index < -0.39 is 35.1 Å². The van der Waals surface area contributed by atoms with Gasteiger partial charge in [-0.3, -0.25) is 19.8 Å². The van der Waals surface area contributed by atoms with Crippen LogP contribution in [-0.2, 0) is 16.0 Å². The molecule has 0 spiro atoms. The smallest absolute Gasteiger partial charge is 0.333 e. The first kappa shape index (κ1) is 28.4. The molecular formula is C28H27F3N6O3. The zero-order valence-electron chi connectivity index (χ0n) is 22.5. The minimum atomic E-state index is -2.12. The summed E-state index contributed by atoms with van der Waals surface area (Å²) in [5.41, 5.74) is 5.53. The van der Waals surface area contributed by atoms with Gasteiger partial charge in [0.15, 0.2) is 17.8 Å². The molecule has 40 heavy (non-hydrogen) atoms. The number of rotatable bonds is 6. The lowest BCUT2D eigenvalue weighted by molar-refractivity contribution is -0.0204. The summed E-state index contributed by atoms with van der Waals surface area (Å²) in [6.45, 7) is 2.77. The van der Waals surface area contributed by atoms with Gasteiger partial charge < -0.3 is 15.2 Å². The van der Waals surface area contributed by atoms with E-state index in [0.717, 1.165) is 28.0 Å². The largest absolute Gasteiger partial charge is 0.494 e.